The summed E-state index contributed by atoms with van der Waals surface area (Å²) >= 11 is 1.66. The number of nitrogens with two attached hydrogens (primary N) is 1. The van der Waals surface area contributed by atoms with E-state index < -0.39 is 16.1 Å². The van der Waals surface area contributed by atoms with Crippen LogP contribution in [0.1, 0.15) is 25.3 Å². The number of hydrogen-bond acceptors (Lipinski definition) is 5. The summed E-state index contributed by atoms with van der Waals surface area (Å²) in [5.41, 5.74) is 0.899. The lowest BCUT2D eigenvalue weighted by molar-refractivity contribution is -0.137. The van der Waals surface area contributed by atoms with E-state index in [9.17, 15) is 18.0 Å². The Morgan fingerprint density at radius 3 is 2.72 bits per heavy atom. The minimum Gasteiger partial charge on any atom is -0.354 e. The Kier molecular flexibility index (Phi) is 4.82. The van der Waals surface area contributed by atoms with Gasteiger partial charge in [-0.3, -0.25) is 9.59 Å². The van der Waals surface area contributed by atoms with Gasteiger partial charge in [-0.25, -0.2) is 13.6 Å². The lowest BCUT2D eigenvalue weighted by Crippen LogP contribution is -2.50. The molecule has 25 heavy (non-hydrogen) atoms. The van der Waals surface area contributed by atoms with Gasteiger partial charge < -0.3 is 10.2 Å². The number of amides is 2. The highest BCUT2D eigenvalue weighted by molar-refractivity contribution is 8.01. The van der Waals surface area contributed by atoms with Gasteiger partial charge in [0.25, 0.3) is 0 Å². The second-order valence-corrected chi connectivity index (χ2v) is 9.56. The minimum absolute atomic E-state index is 0.0474. The molecule has 3 rings (SSSR count). The average Bonchev–Trinajstić information content (AvgIpc) is 3.04. The van der Waals surface area contributed by atoms with Crippen LogP contribution in [-0.2, 0) is 26.0 Å². The van der Waals surface area contributed by atoms with Gasteiger partial charge in [-0.15, -0.1) is 11.8 Å². The maximum absolute atomic E-state index is 12.4. The van der Waals surface area contributed by atoms with Gasteiger partial charge in [0.05, 0.1) is 9.77 Å². The number of benzene rings is 1. The van der Waals surface area contributed by atoms with Gasteiger partial charge in [-0.2, -0.15) is 0 Å². The molecule has 2 heterocycles. The number of thioether (sulfide) groups is 1. The van der Waals surface area contributed by atoms with Crippen molar-refractivity contribution in [3.63, 3.8) is 0 Å². The van der Waals surface area contributed by atoms with E-state index in [1.807, 2.05) is 6.92 Å². The summed E-state index contributed by atoms with van der Waals surface area (Å²) in [4.78, 5) is 26.0. The number of rotatable bonds is 5. The zero-order valence-electron chi connectivity index (χ0n) is 13.9. The van der Waals surface area contributed by atoms with Crippen LogP contribution in [0.3, 0.4) is 0 Å². The third-order valence-corrected chi connectivity index (χ3v) is 7.15. The molecule has 1 aromatic rings. The van der Waals surface area contributed by atoms with Crippen LogP contribution in [0.15, 0.2) is 29.2 Å². The second-order valence-electron chi connectivity index (χ2n) is 6.50. The summed E-state index contributed by atoms with van der Waals surface area (Å²) in [5, 5.41) is 7.94. The molecule has 0 radical (unpaired) electrons. The average molecular weight is 383 g/mol. The molecule has 136 valence electrons. The number of carbonyl (C=O) groups is 2. The summed E-state index contributed by atoms with van der Waals surface area (Å²) < 4.78 is 22.4. The van der Waals surface area contributed by atoms with Gasteiger partial charge in [0, 0.05) is 18.7 Å². The van der Waals surface area contributed by atoms with Gasteiger partial charge >= 0.3 is 0 Å². The monoisotopic (exact) mass is 383 g/mol. The Hall–Kier alpha value is -1.58. The summed E-state index contributed by atoms with van der Waals surface area (Å²) in [6, 6.07) is 5.86. The highest BCUT2D eigenvalue weighted by Crippen LogP contribution is 2.47. The molecular weight excluding hydrogens is 362 g/mol. The van der Waals surface area contributed by atoms with Gasteiger partial charge in [-0.1, -0.05) is 12.1 Å². The molecule has 1 aromatic carbocycles. The molecule has 2 fully saturated rings. The standard InChI is InChI=1S/C16H21N3O4S2/c1-16-8-6-14(20)19(16)13(10-24-16)15(21)18-9-7-11-2-4-12(5-3-11)25(17,22)23/h2-5,13H,6-10H2,1H3,(H,18,21)(H2,17,22,23)/t13-,16+/m0/s1. The van der Waals surface area contributed by atoms with Crippen molar-refractivity contribution in [2.45, 2.75) is 42.0 Å². The fourth-order valence-corrected chi connectivity index (χ4v) is 5.26. The maximum Gasteiger partial charge on any atom is 0.243 e. The maximum atomic E-state index is 12.4. The third kappa shape index (κ3) is 3.68. The molecule has 9 heteroatoms. The van der Waals surface area contributed by atoms with Gasteiger partial charge in [0.15, 0.2) is 0 Å². The lowest BCUT2D eigenvalue weighted by atomic mass is 10.1. The van der Waals surface area contributed by atoms with Crippen molar-refractivity contribution in [2.24, 2.45) is 5.14 Å². The SMILES string of the molecule is C[C@@]12CCC(=O)N1[C@H](C(=O)NCCc1ccc(S(N)(=O)=O)cc1)CS2. The summed E-state index contributed by atoms with van der Waals surface area (Å²) in [6.07, 6.45) is 1.86. The predicted molar refractivity (Wildman–Crippen MR) is 95.3 cm³/mol. The normalized spacial score (nSPS) is 25.9. The van der Waals surface area contributed by atoms with E-state index in [0.717, 1.165) is 12.0 Å². The fraction of sp³-hybridized carbons (Fsp3) is 0.500. The molecule has 0 aliphatic carbocycles. The summed E-state index contributed by atoms with van der Waals surface area (Å²) in [7, 11) is -3.69. The van der Waals surface area contributed by atoms with Crippen molar-refractivity contribution in [3.8, 4) is 0 Å². The number of nitrogens with zero attached hydrogens (tertiary/aromatic N) is 1. The van der Waals surface area contributed by atoms with Crippen molar-refractivity contribution in [1.29, 1.82) is 0 Å². The van der Waals surface area contributed by atoms with Gasteiger partial charge in [0.1, 0.15) is 6.04 Å². The molecule has 3 N–H and O–H groups in total. The van der Waals surface area contributed by atoms with Crippen LogP contribution >= 0.6 is 11.8 Å². The van der Waals surface area contributed by atoms with Crippen molar-refractivity contribution < 1.29 is 18.0 Å². The number of sulfonamides is 1. The number of carbonyl (C=O) groups excluding carboxylic acids is 2. The van der Waals surface area contributed by atoms with E-state index in [4.69, 9.17) is 5.14 Å². The van der Waals surface area contributed by atoms with Crippen LogP contribution in [0, 0.1) is 0 Å². The Morgan fingerprint density at radius 1 is 1.40 bits per heavy atom. The first kappa shape index (κ1) is 18.2. The van der Waals surface area contributed by atoms with Crippen molar-refractivity contribution in [1.82, 2.24) is 10.2 Å². The third-order valence-electron chi connectivity index (χ3n) is 4.71. The largest absolute Gasteiger partial charge is 0.354 e. The molecule has 2 atom stereocenters. The smallest absolute Gasteiger partial charge is 0.243 e. The van der Waals surface area contributed by atoms with E-state index in [0.29, 0.717) is 25.1 Å². The quantitative estimate of drug-likeness (QED) is 0.767. The summed E-state index contributed by atoms with van der Waals surface area (Å²) in [6.45, 7) is 2.44. The predicted octanol–water partition coefficient (Wildman–Crippen LogP) is 0.447. The Balaban J connectivity index is 1.54. The minimum atomic E-state index is -3.69. The van der Waals surface area contributed by atoms with Gasteiger partial charge in [0.2, 0.25) is 21.8 Å². The number of hydrogen-bond donors (Lipinski definition) is 2. The zero-order chi connectivity index (χ0) is 18.2. The van der Waals surface area contributed by atoms with Crippen LogP contribution < -0.4 is 10.5 Å². The molecule has 2 aliphatic rings. The van der Waals surface area contributed by atoms with Crippen LogP contribution in [0.25, 0.3) is 0 Å². The van der Waals surface area contributed by atoms with Crippen molar-refractivity contribution in [3.05, 3.63) is 29.8 Å². The van der Waals surface area contributed by atoms with Crippen LogP contribution in [0.4, 0.5) is 0 Å². The number of nitrogens with one attached hydrogen (secondary N) is 1. The van der Waals surface area contributed by atoms with E-state index in [-0.39, 0.29) is 21.6 Å². The van der Waals surface area contributed by atoms with E-state index in [2.05, 4.69) is 5.32 Å². The fourth-order valence-electron chi connectivity index (χ4n) is 3.31. The second kappa shape index (κ2) is 6.62. The zero-order valence-corrected chi connectivity index (χ0v) is 15.5. The molecule has 7 nitrogen and oxygen atoms in total. The first-order chi connectivity index (χ1) is 11.7. The van der Waals surface area contributed by atoms with Crippen LogP contribution in [-0.4, -0.2) is 48.3 Å². The number of primary sulfonamides is 1. The van der Waals surface area contributed by atoms with E-state index >= 15 is 0 Å². The Bertz CT molecular complexity index is 794. The molecule has 0 bridgehead atoms. The first-order valence-corrected chi connectivity index (χ1v) is 10.6. The molecule has 0 spiro atoms. The topological polar surface area (TPSA) is 110 Å². The lowest BCUT2D eigenvalue weighted by Gasteiger charge is -2.29. The van der Waals surface area contributed by atoms with Crippen LogP contribution in [0.5, 0.6) is 0 Å². The Morgan fingerprint density at radius 2 is 2.08 bits per heavy atom. The molecule has 2 amide bonds. The molecular formula is C16H21N3O4S2. The highest BCUT2D eigenvalue weighted by Gasteiger charge is 2.52. The molecule has 0 unspecified atom stereocenters. The summed E-state index contributed by atoms with van der Waals surface area (Å²) in [5.74, 6) is 0.538. The molecule has 2 aliphatic heterocycles. The number of fused-ring (bicyclic) bond motifs is 1. The first-order valence-electron chi connectivity index (χ1n) is 8.06. The van der Waals surface area contributed by atoms with Crippen molar-refractivity contribution >= 4 is 33.6 Å². The van der Waals surface area contributed by atoms with E-state index in [1.165, 1.54) is 12.1 Å². The highest BCUT2D eigenvalue weighted by atomic mass is 32.2. The van der Waals surface area contributed by atoms with E-state index in [1.54, 1.807) is 28.8 Å². The Labute approximate surface area is 151 Å². The molecule has 0 aromatic heterocycles. The van der Waals surface area contributed by atoms with Crippen LogP contribution in [0.2, 0.25) is 0 Å². The molecule has 0 saturated carbocycles. The van der Waals surface area contributed by atoms with Gasteiger partial charge in [-0.05, 0) is 37.5 Å². The van der Waals surface area contributed by atoms with Crippen molar-refractivity contribution in [2.75, 3.05) is 12.3 Å². The molecule has 2 saturated heterocycles.